The van der Waals surface area contributed by atoms with Crippen LogP contribution in [0.25, 0.3) is 0 Å². The Morgan fingerprint density at radius 1 is 1.47 bits per heavy atom. The van der Waals surface area contributed by atoms with Gasteiger partial charge in [-0.05, 0) is 44.9 Å². The molecule has 0 aliphatic heterocycles. The van der Waals surface area contributed by atoms with Crippen LogP contribution in [0.5, 0.6) is 0 Å². The van der Waals surface area contributed by atoms with E-state index in [2.05, 4.69) is 39.5 Å². The molecule has 1 aliphatic rings. The van der Waals surface area contributed by atoms with Crippen LogP contribution in [0.15, 0.2) is 35.5 Å². The van der Waals surface area contributed by atoms with Gasteiger partial charge in [0.05, 0.1) is 0 Å². The van der Waals surface area contributed by atoms with Gasteiger partial charge >= 0.3 is 0 Å². The Morgan fingerprint density at radius 2 is 2.13 bits per heavy atom. The van der Waals surface area contributed by atoms with Crippen molar-refractivity contribution in [3.8, 4) is 0 Å². The summed E-state index contributed by atoms with van der Waals surface area (Å²) in [5.74, 6) is 0. The van der Waals surface area contributed by atoms with Gasteiger partial charge in [-0.25, -0.2) is 0 Å². The van der Waals surface area contributed by atoms with Crippen molar-refractivity contribution in [1.82, 2.24) is 0 Å². The van der Waals surface area contributed by atoms with E-state index in [-0.39, 0.29) is 0 Å². The van der Waals surface area contributed by atoms with E-state index in [4.69, 9.17) is 0 Å². The fourth-order valence-electron chi connectivity index (χ4n) is 2.50. The first-order valence-corrected chi connectivity index (χ1v) is 5.94. The van der Waals surface area contributed by atoms with Crippen LogP contribution in [0, 0.1) is 5.41 Å². The van der Waals surface area contributed by atoms with Crippen molar-refractivity contribution in [3.63, 3.8) is 0 Å². The highest BCUT2D eigenvalue weighted by Gasteiger charge is 2.26. The molecule has 0 saturated heterocycles. The number of allylic oxidation sites excluding steroid dienone is 5. The van der Waals surface area contributed by atoms with Gasteiger partial charge in [-0.3, -0.25) is 0 Å². The summed E-state index contributed by atoms with van der Waals surface area (Å²) in [6, 6.07) is 0. The molecule has 0 fully saturated rings. The van der Waals surface area contributed by atoms with Crippen molar-refractivity contribution in [2.75, 3.05) is 0 Å². The fraction of sp³-hybridized carbons (Fsp3) is 0.600. The molecule has 0 N–H and O–H groups in total. The normalized spacial score (nSPS) is 21.1. The molecule has 1 rings (SSSR count). The van der Waals surface area contributed by atoms with Crippen molar-refractivity contribution in [2.45, 2.75) is 53.4 Å². The van der Waals surface area contributed by atoms with E-state index in [0.717, 1.165) is 12.0 Å². The zero-order chi connectivity index (χ0) is 11.5. The third kappa shape index (κ3) is 3.37. The summed E-state index contributed by atoms with van der Waals surface area (Å²) < 4.78 is 0. The van der Waals surface area contributed by atoms with Gasteiger partial charge in [0.25, 0.3) is 0 Å². The van der Waals surface area contributed by atoms with Crippen LogP contribution in [-0.2, 0) is 0 Å². The third-order valence-corrected chi connectivity index (χ3v) is 3.41. The minimum Gasteiger partial charge on any atom is -0.0961 e. The van der Waals surface area contributed by atoms with Crippen molar-refractivity contribution in [3.05, 3.63) is 35.5 Å². The molecule has 0 radical (unpaired) electrons. The van der Waals surface area contributed by atoms with E-state index in [9.17, 15) is 0 Å². The average molecular weight is 204 g/mol. The zero-order valence-corrected chi connectivity index (χ0v) is 10.7. The highest BCUT2D eigenvalue weighted by molar-refractivity contribution is 5.26. The summed E-state index contributed by atoms with van der Waals surface area (Å²) in [7, 11) is 0. The second-order valence-corrected chi connectivity index (χ2v) is 5.45. The van der Waals surface area contributed by atoms with Gasteiger partial charge in [0.15, 0.2) is 0 Å². The molecule has 0 atom stereocenters. The first-order chi connectivity index (χ1) is 6.93. The summed E-state index contributed by atoms with van der Waals surface area (Å²) in [5.41, 5.74) is 4.80. The van der Waals surface area contributed by atoms with Crippen molar-refractivity contribution >= 4 is 0 Å². The fourth-order valence-corrected chi connectivity index (χ4v) is 2.50. The molecule has 0 spiro atoms. The molecule has 0 saturated carbocycles. The monoisotopic (exact) mass is 204 g/mol. The summed E-state index contributed by atoms with van der Waals surface area (Å²) in [6.07, 6.45) is 9.47. The first-order valence-electron chi connectivity index (χ1n) is 5.94. The lowest BCUT2D eigenvalue weighted by Gasteiger charge is -2.34. The van der Waals surface area contributed by atoms with Gasteiger partial charge in [0.2, 0.25) is 0 Å². The molecule has 84 valence electrons. The van der Waals surface area contributed by atoms with Crippen LogP contribution in [0.1, 0.15) is 53.4 Å². The number of rotatable bonds is 3. The lowest BCUT2D eigenvalue weighted by atomic mass is 9.71. The molecule has 0 aromatic heterocycles. The zero-order valence-electron chi connectivity index (χ0n) is 10.7. The SMILES string of the molecule is C=C(C)C=CCC1=C(C)CCCC1(C)C. The van der Waals surface area contributed by atoms with E-state index in [1.807, 2.05) is 6.92 Å². The predicted molar refractivity (Wildman–Crippen MR) is 68.9 cm³/mol. The molecule has 0 amide bonds. The second kappa shape index (κ2) is 4.83. The smallest absolute Gasteiger partial charge is 0.0128 e. The van der Waals surface area contributed by atoms with Crippen LogP contribution < -0.4 is 0 Å². The van der Waals surface area contributed by atoms with Crippen molar-refractivity contribution in [2.24, 2.45) is 5.41 Å². The molecule has 0 bridgehead atoms. The molecular formula is C15H24. The van der Waals surface area contributed by atoms with Gasteiger partial charge in [-0.15, -0.1) is 0 Å². The maximum Gasteiger partial charge on any atom is -0.0128 e. The summed E-state index contributed by atoms with van der Waals surface area (Å²) in [5, 5.41) is 0. The first kappa shape index (κ1) is 12.3. The Morgan fingerprint density at radius 3 is 2.67 bits per heavy atom. The molecule has 0 heteroatoms. The van der Waals surface area contributed by atoms with E-state index in [0.29, 0.717) is 5.41 Å². The molecule has 15 heavy (non-hydrogen) atoms. The topological polar surface area (TPSA) is 0 Å². The summed E-state index contributed by atoms with van der Waals surface area (Å²) >= 11 is 0. The Bertz CT molecular complexity index is 300. The van der Waals surface area contributed by atoms with Crippen LogP contribution in [0.3, 0.4) is 0 Å². The Hall–Kier alpha value is -0.780. The summed E-state index contributed by atoms with van der Waals surface area (Å²) in [6.45, 7) is 13.0. The maximum atomic E-state index is 3.89. The summed E-state index contributed by atoms with van der Waals surface area (Å²) in [4.78, 5) is 0. The van der Waals surface area contributed by atoms with Crippen molar-refractivity contribution in [1.29, 1.82) is 0 Å². The second-order valence-electron chi connectivity index (χ2n) is 5.45. The Balaban J connectivity index is 2.76. The van der Waals surface area contributed by atoms with Gasteiger partial charge in [0.1, 0.15) is 0 Å². The molecule has 0 aromatic carbocycles. The lowest BCUT2D eigenvalue weighted by Crippen LogP contribution is -2.19. The number of hydrogen-bond donors (Lipinski definition) is 0. The largest absolute Gasteiger partial charge is 0.0961 e. The third-order valence-electron chi connectivity index (χ3n) is 3.41. The lowest BCUT2D eigenvalue weighted by molar-refractivity contribution is 0.361. The highest BCUT2D eigenvalue weighted by Crippen LogP contribution is 2.41. The van der Waals surface area contributed by atoms with Crippen LogP contribution in [0.2, 0.25) is 0 Å². The number of hydrogen-bond acceptors (Lipinski definition) is 0. The Labute approximate surface area is 94.8 Å². The van der Waals surface area contributed by atoms with Gasteiger partial charge < -0.3 is 0 Å². The standard InChI is InChI=1S/C15H24/c1-12(2)8-6-10-14-13(3)9-7-11-15(14,4)5/h6,8H,1,7,9-11H2,2-5H3. The molecule has 0 nitrogen and oxygen atoms in total. The van der Waals surface area contributed by atoms with Gasteiger partial charge in [0, 0.05) is 0 Å². The average Bonchev–Trinajstić information content (AvgIpc) is 2.09. The minimum absolute atomic E-state index is 0.405. The van der Waals surface area contributed by atoms with Crippen LogP contribution in [-0.4, -0.2) is 0 Å². The molecule has 1 aliphatic carbocycles. The van der Waals surface area contributed by atoms with E-state index >= 15 is 0 Å². The molecular weight excluding hydrogens is 180 g/mol. The molecule has 0 heterocycles. The minimum atomic E-state index is 0.405. The molecule has 0 aromatic rings. The quantitative estimate of drug-likeness (QED) is 0.446. The van der Waals surface area contributed by atoms with Crippen molar-refractivity contribution < 1.29 is 0 Å². The van der Waals surface area contributed by atoms with Gasteiger partial charge in [-0.2, -0.15) is 0 Å². The van der Waals surface area contributed by atoms with E-state index in [1.54, 1.807) is 11.1 Å². The van der Waals surface area contributed by atoms with Crippen LogP contribution >= 0.6 is 0 Å². The maximum absolute atomic E-state index is 3.89. The van der Waals surface area contributed by atoms with E-state index in [1.165, 1.54) is 19.3 Å². The van der Waals surface area contributed by atoms with Crippen LogP contribution in [0.4, 0.5) is 0 Å². The van der Waals surface area contributed by atoms with Gasteiger partial charge in [-0.1, -0.05) is 49.3 Å². The van der Waals surface area contributed by atoms with E-state index < -0.39 is 0 Å². The predicted octanol–water partition coefficient (Wildman–Crippen LogP) is 5.04. The Kier molecular flexibility index (Phi) is 3.96. The molecule has 0 unspecified atom stereocenters. The highest BCUT2D eigenvalue weighted by atomic mass is 14.3.